The van der Waals surface area contributed by atoms with Crippen molar-refractivity contribution in [2.75, 3.05) is 6.54 Å². The number of nitrogens with one attached hydrogen (secondary N) is 1. The lowest BCUT2D eigenvalue weighted by Gasteiger charge is -2.01. The molecule has 19 heavy (non-hydrogen) atoms. The predicted octanol–water partition coefficient (Wildman–Crippen LogP) is 3.73. The van der Waals surface area contributed by atoms with Crippen LogP contribution in [-0.2, 0) is 6.54 Å². The fourth-order valence-electron chi connectivity index (χ4n) is 1.90. The van der Waals surface area contributed by atoms with Crippen molar-refractivity contribution < 1.29 is 4.42 Å². The summed E-state index contributed by atoms with van der Waals surface area (Å²) in [4.78, 5) is 0. The van der Waals surface area contributed by atoms with Gasteiger partial charge >= 0.3 is 0 Å². The van der Waals surface area contributed by atoms with E-state index < -0.39 is 0 Å². The summed E-state index contributed by atoms with van der Waals surface area (Å²) in [7, 11) is 0. The molecule has 3 heteroatoms. The number of benzene rings is 1. The standard InChI is InChI=1S/C16H18N2O/c17-11-5-2-6-12-18-13-15-9-10-16(19-15)14-7-3-1-4-8-14/h1,3-4,7-10,18H,2,5-6,12-13H2. The van der Waals surface area contributed by atoms with E-state index in [2.05, 4.69) is 11.4 Å². The van der Waals surface area contributed by atoms with E-state index >= 15 is 0 Å². The zero-order chi connectivity index (χ0) is 13.3. The molecule has 0 amide bonds. The van der Waals surface area contributed by atoms with Crippen molar-refractivity contribution in [3.05, 3.63) is 48.2 Å². The van der Waals surface area contributed by atoms with E-state index in [0.29, 0.717) is 6.42 Å². The van der Waals surface area contributed by atoms with Gasteiger partial charge in [0.15, 0.2) is 0 Å². The van der Waals surface area contributed by atoms with Gasteiger partial charge in [-0.2, -0.15) is 5.26 Å². The lowest BCUT2D eigenvalue weighted by Crippen LogP contribution is -2.13. The third-order valence-corrected chi connectivity index (χ3v) is 2.91. The summed E-state index contributed by atoms with van der Waals surface area (Å²) in [5.74, 6) is 1.85. The SMILES string of the molecule is N#CCCCCNCc1ccc(-c2ccccc2)o1. The molecule has 0 aliphatic heterocycles. The summed E-state index contributed by atoms with van der Waals surface area (Å²) in [5, 5.41) is 11.7. The van der Waals surface area contributed by atoms with Gasteiger partial charge in [-0.1, -0.05) is 30.3 Å². The van der Waals surface area contributed by atoms with Crippen LogP contribution in [0.5, 0.6) is 0 Å². The van der Waals surface area contributed by atoms with Crippen LogP contribution in [0.2, 0.25) is 0 Å². The van der Waals surface area contributed by atoms with Gasteiger partial charge in [0, 0.05) is 12.0 Å². The third-order valence-electron chi connectivity index (χ3n) is 2.91. The number of nitrogens with zero attached hydrogens (tertiary/aromatic N) is 1. The van der Waals surface area contributed by atoms with Crippen molar-refractivity contribution >= 4 is 0 Å². The van der Waals surface area contributed by atoms with Gasteiger partial charge in [-0.25, -0.2) is 0 Å². The average molecular weight is 254 g/mol. The van der Waals surface area contributed by atoms with Crippen LogP contribution in [0.25, 0.3) is 11.3 Å². The maximum absolute atomic E-state index is 8.43. The van der Waals surface area contributed by atoms with Gasteiger partial charge in [-0.15, -0.1) is 0 Å². The highest BCUT2D eigenvalue weighted by atomic mass is 16.3. The van der Waals surface area contributed by atoms with Gasteiger partial charge in [-0.3, -0.25) is 0 Å². The number of unbranched alkanes of at least 4 members (excludes halogenated alkanes) is 2. The maximum atomic E-state index is 8.43. The Hall–Kier alpha value is -2.05. The van der Waals surface area contributed by atoms with E-state index in [0.717, 1.165) is 43.0 Å². The minimum Gasteiger partial charge on any atom is -0.460 e. The monoisotopic (exact) mass is 254 g/mol. The van der Waals surface area contributed by atoms with E-state index in [9.17, 15) is 0 Å². The van der Waals surface area contributed by atoms with Crippen molar-refractivity contribution in [2.45, 2.75) is 25.8 Å². The fourth-order valence-corrected chi connectivity index (χ4v) is 1.90. The molecule has 2 aromatic rings. The number of hydrogen-bond donors (Lipinski definition) is 1. The van der Waals surface area contributed by atoms with Crippen LogP contribution in [0, 0.1) is 11.3 Å². The summed E-state index contributed by atoms with van der Waals surface area (Å²) in [6.45, 7) is 1.66. The van der Waals surface area contributed by atoms with Crippen molar-refractivity contribution in [3.8, 4) is 17.4 Å². The Morgan fingerprint density at radius 1 is 1.05 bits per heavy atom. The minimum absolute atomic E-state index is 0.639. The van der Waals surface area contributed by atoms with Crippen LogP contribution in [0.15, 0.2) is 46.9 Å². The van der Waals surface area contributed by atoms with E-state index in [1.807, 2.05) is 42.5 Å². The Labute approximate surface area is 113 Å². The Morgan fingerprint density at radius 2 is 1.89 bits per heavy atom. The molecule has 0 atom stereocenters. The van der Waals surface area contributed by atoms with Crippen molar-refractivity contribution in [3.63, 3.8) is 0 Å². The molecule has 0 aliphatic carbocycles. The summed E-state index contributed by atoms with van der Waals surface area (Å²) in [5.41, 5.74) is 1.10. The summed E-state index contributed by atoms with van der Waals surface area (Å²) < 4.78 is 5.78. The van der Waals surface area contributed by atoms with Crippen LogP contribution in [0.1, 0.15) is 25.0 Å². The van der Waals surface area contributed by atoms with Crippen LogP contribution < -0.4 is 5.32 Å². The van der Waals surface area contributed by atoms with Gasteiger partial charge < -0.3 is 9.73 Å². The molecule has 1 aromatic carbocycles. The Bertz CT molecular complexity index is 525. The number of furan rings is 1. The molecule has 98 valence electrons. The number of nitriles is 1. The summed E-state index contributed by atoms with van der Waals surface area (Å²) in [6.07, 6.45) is 2.62. The smallest absolute Gasteiger partial charge is 0.134 e. The summed E-state index contributed by atoms with van der Waals surface area (Å²) >= 11 is 0. The van der Waals surface area contributed by atoms with Crippen LogP contribution in [0.4, 0.5) is 0 Å². The quantitative estimate of drug-likeness (QED) is 0.766. The molecular formula is C16H18N2O. The molecule has 0 aliphatic rings. The molecular weight excluding hydrogens is 236 g/mol. The second kappa shape index (κ2) is 7.40. The van der Waals surface area contributed by atoms with Crippen molar-refractivity contribution in [1.29, 1.82) is 5.26 Å². The molecule has 0 saturated heterocycles. The molecule has 1 heterocycles. The number of rotatable bonds is 7. The molecule has 0 radical (unpaired) electrons. The highest BCUT2D eigenvalue weighted by molar-refractivity contribution is 5.57. The van der Waals surface area contributed by atoms with Crippen LogP contribution in [0.3, 0.4) is 0 Å². The van der Waals surface area contributed by atoms with Gasteiger partial charge in [0.25, 0.3) is 0 Å². The minimum atomic E-state index is 0.639. The molecule has 0 fully saturated rings. The first-order valence-corrected chi connectivity index (χ1v) is 6.62. The third kappa shape index (κ3) is 4.27. The predicted molar refractivity (Wildman–Crippen MR) is 75.3 cm³/mol. The molecule has 3 nitrogen and oxygen atoms in total. The normalized spacial score (nSPS) is 10.3. The van der Waals surface area contributed by atoms with Crippen molar-refractivity contribution in [1.82, 2.24) is 5.32 Å². The lowest BCUT2D eigenvalue weighted by molar-refractivity contribution is 0.489. The Balaban J connectivity index is 1.77. The highest BCUT2D eigenvalue weighted by Gasteiger charge is 2.03. The van der Waals surface area contributed by atoms with Gasteiger partial charge in [0.1, 0.15) is 11.5 Å². The summed E-state index contributed by atoms with van der Waals surface area (Å²) in [6, 6.07) is 16.2. The molecule has 0 spiro atoms. The Kier molecular flexibility index (Phi) is 5.21. The number of hydrogen-bond acceptors (Lipinski definition) is 3. The van der Waals surface area contributed by atoms with Gasteiger partial charge in [0.2, 0.25) is 0 Å². The van der Waals surface area contributed by atoms with E-state index in [4.69, 9.17) is 9.68 Å². The van der Waals surface area contributed by atoms with E-state index in [1.54, 1.807) is 0 Å². The first-order valence-electron chi connectivity index (χ1n) is 6.62. The first-order chi connectivity index (χ1) is 9.40. The topological polar surface area (TPSA) is 49.0 Å². The second-order valence-corrected chi connectivity index (χ2v) is 4.42. The van der Waals surface area contributed by atoms with Gasteiger partial charge in [0.05, 0.1) is 12.6 Å². The Morgan fingerprint density at radius 3 is 2.68 bits per heavy atom. The zero-order valence-electron chi connectivity index (χ0n) is 10.9. The maximum Gasteiger partial charge on any atom is 0.134 e. The molecule has 0 unspecified atom stereocenters. The fraction of sp³-hybridized carbons (Fsp3) is 0.312. The molecule has 1 aromatic heterocycles. The van der Waals surface area contributed by atoms with Crippen molar-refractivity contribution in [2.24, 2.45) is 0 Å². The second-order valence-electron chi connectivity index (χ2n) is 4.42. The molecule has 2 rings (SSSR count). The average Bonchev–Trinajstić information content (AvgIpc) is 2.92. The van der Waals surface area contributed by atoms with E-state index in [1.165, 1.54) is 0 Å². The van der Waals surface area contributed by atoms with Crippen LogP contribution in [-0.4, -0.2) is 6.54 Å². The molecule has 0 bridgehead atoms. The van der Waals surface area contributed by atoms with Crippen LogP contribution >= 0.6 is 0 Å². The van der Waals surface area contributed by atoms with E-state index in [-0.39, 0.29) is 0 Å². The lowest BCUT2D eigenvalue weighted by atomic mass is 10.2. The first kappa shape index (κ1) is 13.4. The molecule has 0 saturated carbocycles. The highest BCUT2D eigenvalue weighted by Crippen LogP contribution is 2.21. The zero-order valence-corrected chi connectivity index (χ0v) is 10.9. The largest absolute Gasteiger partial charge is 0.460 e. The molecule has 1 N–H and O–H groups in total. The van der Waals surface area contributed by atoms with Gasteiger partial charge in [-0.05, 0) is 31.5 Å².